The number of rotatable bonds is 6. The summed E-state index contributed by atoms with van der Waals surface area (Å²) >= 11 is 5.17. The van der Waals surface area contributed by atoms with E-state index < -0.39 is 5.60 Å². The number of hydrogen-bond donors (Lipinski definition) is 1. The fraction of sp³-hybridized carbons (Fsp3) is 0.667. The van der Waals surface area contributed by atoms with E-state index in [2.05, 4.69) is 41.2 Å². The van der Waals surface area contributed by atoms with Gasteiger partial charge in [-0.25, -0.2) is 0 Å². The Bertz CT molecular complexity index is 290. The van der Waals surface area contributed by atoms with E-state index in [0.29, 0.717) is 0 Å². The highest BCUT2D eigenvalue weighted by Gasteiger charge is 2.25. The van der Waals surface area contributed by atoms with Crippen molar-refractivity contribution < 1.29 is 5.11 Å². The first-order chi connectivity index (χ1) is 7.09. The lowest BCUT2D eigenvalue weighted by atomic mass is 9.89. The molecule has 0 fully saturated rings. The van der Waals surface area contributed by atoms with E-state index in [0.717, 1.165) is 36.6 Å². The summed E-state index contributed by atoms with van der Waals surface area (Å²) in [6, 6.07) is 2.11. The number of hydrogen-bond acceptors (Lipinski definition) is 2. The SMILES string of the molecule is CCCC(O)(CCC)Cc1cc(Br)cs1. The van der Waals surface area contributed by atoms with Crippen molar-refractivity contribution in [2.45, 2.75) is 51.6 Å². The molecule has 0 aliphatic carbocycles. The molecule has 0 saturated heterocycles. The molecule has 1 heterocycles. The van der Waals surface area contributed by atoms with Gasteiger partial charge in [-0.1, -0.05) is 26.7 Å². The minimum absolute atomic E-state index is 0.492. The van der Waals surface area contributed by atoms with Crippen LogP contribution in [-0.2, 0) is 6.42 Å². The molecule has 15 heavy (non-hydrogen) atoms. The Morgan fingerprint density at radius 2 is 1.93 bits per heavy atom. The monoisotopic (exact) mass is 290 g/mol. The molecule has 1 rings (SSSR count). The summed E-state index contributed by atoms with van der Waals surface area (Å²) in [4.78, 5) is 1.27. The molecule has 0 aromatic carbocycles. The largest absolute Gasteiger partial charge is 0.390 e. The van der Waals surface area contributed by atoms with Crippen LogP contribution >= 0.6 is 27.3 Å². The normalized spacial score (nSPS) is 12.0. The molecule has 0 amide bonds. The number of halogens is 1. The van der Waals surface area contributed by atoms with Crippen molar-refractivity contribution in [1.29, 1.82) is 0 Å². The van der Waals surface area contributed by atoms with Crippen LogP contribution in [0.1, 0.15) is 44.4 Å². The molecule has 1 N–H and O–H groups in total. The third-order valence-corrected chi connectivity index (χ3v) is 4.25. The van der Waals surface area contributed by atoms with Crippen molar-refractivity contribution in [1.82, 2.24) is 0 Å². The van der Waals surface area contributed by atoms with Crippen LogP contribution in [0.3, 0.4) is 0 Å². The minimum Gasteiger partial charge on any atom is -0.390 e. The molecule has 1 nitrogen and oxygen atoms in total. The lowest BCUT2D eigenvalue weighted by Gasteiger charge is -2.26. The Morgan fingerprint density at radius 3 is 2.33 bits per heavy atom. The van der Waals surface area contributed by atoms with Crippen molar-refractivity contribution in [2.24, 2.45) is 0 Å². The van der Waals surface area contributed by atoms with E-state index in [4.69, 9.17) is 0 Å². The predicted octanol–water partition coefficient (Wildman–Crippen LogP) is 4.38. The van der Waals surface area contributed by atoms with Crippen LogP contribution in [0.25, 0.3) is 0 Å². The van der Waals surface area contributed by atoms with Gasteiger partial charge < -0.3 is 5.11 Å². The van der Waals surface area contributed by atoms with Crippen LogP contribution in [0.4, 0.5) is 0 Å². The molecular formula is C12H19BrOS. The molecule has 0 saturated carbocycles. The van der Waals surface area contributed by atoms with E-state index in [9.17, 15) is 5.11 Å². The van der Waals surface area contributed by atoms with Crippen molar-refractivity contribution in [3.05, 3.63) is 20.8 Å². The quantitative estimate of drug-likeness (QED) is 0.824. The number of thiophene rings is 1. The summed E-state index contributed by atoms with van der Waals surface area (Å²) < 4.78 is 1.12. The van der Waals surface area contributed by atoms with E-state index >= 15 is 0 Å². The molecule has 3 heteroatoms. The Morgan fingerprint density at radius 1 is 1.33 bits per heavy atom. The van der Waals surface area contributed by atoms with Gasteiger partial charge >= 0.3 is 0 Å². The summed E-state index contributed by atoms with van der Waals surface area (Å²) in [7, 11) is 0. The topological polar surface area (TPSA) is 20.2 Å². The first kappa shape index (κ1) is 13.2. The Hall–Kier alpha value is 0.140. The molecule has 0 atom stereocenters. The molecule has 0 aliphatic heterocycles. The van der Waals surface area contributed by atoms with Gasteiger partial charge in [-0.2, -0.15) is 0 Å². The standard InChI is InChI=1S/C12H19BrOS/c1-3-5-12(14,6-4-2)8-11-7-10(13)9-15-11/h7,9,14H,3-6,8H2,1-2H3. The van der Waals surface area contributed by atoms with E-state index in [1.54, 1.807) is 11.3 Å². The minimum atomic E-state index is -0.492. The highest BCUT2D eigenvalue weighted by atomic mass is 79.9. The van der Waals surface area contributed by atoms with Gasteiger partial charge in [0.05, 0.1) is 5.60 Å². The Labute approximate surface area is 105 Å². The fourth-order valence-electron chi connectivity index (χ4n) is 2.00. The lowest BCUT2D eigenvalue weighted by Crippen LogP contribution is -2.30. The maximum Gasteiger partial charge on any atom is 0.0695 e. The van der Waals surface area contributed by atoms with Crippen LogP contribution in [0.15, 0.2) is 15.9 Å². The highest BCUT2D eigenvalue weighted by Crippen LogP contribution is 2.29. The lowest BCUT2D eigenvalue weighted by molar-refractivity contribution is 0.0223. The second-order valence-electron chi connectivity index (χ2n) is 4.13. The molecule has 86 valence electrons. The van der Waals surface area contributed by atoms with Gasteiger partial charge in [-0.05, 0) is 34.8 Å². The van der Waals surface area contributed by atoms with E-state index in [1.165, 1.54) is 4.88 Å². The van der Waals surface area contributed by atoms with Gasteiger partial charge in [0.15, 0.2) is 0 Å². The first-order valence-corrected chi connectivity index (χ1v) is 7.22. The zero-order valence-electron chi connectivity index (χ0n) is 9.42. The molecule has 1 aromatic heterocycles. The predicted molar refractivity (Wildman–Crippen MR) is 70.5 cm³/mol. The van der Waals surface area contributed by atoms with E-state index in [1.807, 2.05) is 0 Å². The van der Waals surface area contributed by atoms with Crippen LogP contribution < -0.4 is 0 Å². The highest BCUT2D eigenvalue weighted by molar-refractivity contribution is 9.10. The van der Waals surface area contributed by atoms with Crippen molar-refractivity contribution in [2.75, 3.05) is 0 Å². The smallest absolute Gasteiger partial charge is 0.0695 e. The fourth-order valence-corrected chi connectivity index (χ4v) is 3.59. The van der Waals surface area contributed by atoms with Crippen LogP contribution in [0.2, 0.25) is 0 Å². The van der Waals surface area contributed by atoms with Gasteiger partial charge in [0.2, 0.25) is 0 Å². The van der Waals surface area contributed by atoms with Gasteiger partial charge in [0.25, 0.3) is 0 Å². The third-order valence-electron chi connectivity index (χ3n) is 2.56. The number of aliphatic hydroxyl groups is 1. The van der Waals surface area contributed by atoms with Gasteiger partial charge in [-0.3, -0.25) is 0 Å². The maximum absolute atomic E-state index is 10.5. The van der Waals surface area contributed by atoms with Gasteiger partial charge in [-0.15, -0.1) is 11.3 Å². The zero-order chi connectivity index (χ0) is 11.3. The molecular weight excluding hydrogens is 272 g/mol. The zero-order valence-corrected chi connectivity index (χ0v) is 11.8. The summed E-state index contributed by atoms with van der Waals surface area (Å²) in [6.45, 7) is 4.26. The molecule has 1 aromatic rings. The summed E-state index contributed by atoms with van der Waals surface area (Å²) in [6.07, 6.45) is 4.68. The molecule has 0 aliphatic rings. The summed E-state index contributed by atoms with van der Waals surface area (Å²) in [5.41, 5.74) is -0.492. The third kappa shape index (κ3) is 4.25. The molecule has 0 bridgehead atoms. The Balaban J connectivity index is 2.65. The van der Waals surface area contributed by atoms with Crippen LogP contribution in [-0.4, -0.2) is 10.7 Å². The first-order valence-electron chi connectivity index (χ1n) is 5.55. The van der Waals surface area contributed by atoms with Crippen molar-refractivity contribution in [3.63, 3.8) is 0 Å². The van der Waals surface area contributed by atoms with Crippen molar-refractivity contribution >= 4 is 27.3 Å². The molecule has 0 spiro atoms. The summed E-state index contributed by atoms with van der Waals surface area (Å²) in [5, 5.41) is 12.5. The Kier molecular flexibility index (Phi) is 5.30. The maximum atomic E-state index is 10.5. The second kappa shape index (κ2) is 6.02. The molecule has 0 radical (unpaired) electrons. The second-order valence-corrected chi connectivity index (χ2v) is 6.04. The average molecular weight is 291 g/mol. The summed E-state index contributed by atoms with van der Waals surface area (Å²) in [5.74, 6) is 0. The molecule has 0 unspecified atom stereocenters. The van der Waals surface area contributed by atoms with Crippen LogP contribution in [0.5, 0.6) is 0 Å². The average Bonchev–Trinajstić information content (AvgIpc) is 2.51. The van der Waals surface area contributed by atoms with E-state index in [-0.39, 0.29) is 0 Å². The van der Waals surface area contributed by atoms with Crippen molar-refractivity contribution in [3.8, 4) is 0 Å². The van der Waals surface area contributed by atoms with Crippen LogP contribution in [0, 0.1) is 0 Å². The van der Waals surface area contributed by atoms with Gasteiger partial charge in [0.1, 0.15) is 0 Å². The van der Waals surface area contributed by atoms with Gasteiger partial charge in [0, 0.05) is 21.2 Å².